The largest absolute Gasteiger partial charge is 0.394 e. The highest BCUT2D eigenvalue weighted by Crippen LogP contribution is 2.15. The van der Waals surface area contributed by atoms with Gasteiger partial charge in [0.05, 0.1) is 36.8 Å². The first-order valence-electron chi connectivity index (χ1n) is 6.88. The van der Waals surface area contributed by atoms with E-state index in [1.807, 2.05) is 19.9 Å². The summed E-state index contributed by atoms with van der Waals surface area (Å²) in [6.07, 6.45) is -0.346. The molecule has 21 heavy (non-hydrogen) atoms. The topological polar surface area (TPSA) is 78.9 Å². The van der Waals surface area contributed by atoms with Crippen LogP contribution in [0.25, 0.3) is 0 Å². The average Bonchev–Trinajstić information content (AvgIpc) is 2.91. The number of rotatable bonds is 4. The lowest BCUT2D eigenvalue weighted by molar-refractivity contribution is -0.145. The fraction of sp³-hybridized carbons (Fsp3) is 0.571. The Morgan fingerprint density at radius 1 is 1.52 bits per heavy atom. The molecule has 1 aliphatic heterocycles. The zero-order valence-corrected chi connectivity index (χ0v) is 13.0. The van der Waals surface area contributed by atoms with Crippen LogP contribution in [0.4, 0.5) is 0 Å². The highest BCUT2D eigenvalue weighted by Gasteiger charge is 2.29. The van der Waals surface area contributed by atoms with Crippen LogP contribution >= 0.6 is 11.3 Å². The molecule has 2 rings (SSSR count). The summed E-state index contributed by atoms with van der Waals surface area (Å²) in [5, 5.41) is 11.8. The lowest BCUT2D eigenvalue weighted by Gasteiger charge is -2.37. The highest BCUT2D eigenvalue weighted by atomic mass is 32.1. The van der Waals surface area contributed by atoms with Crippen molar-refractivity contribution in [3.8, 4) is 0 Å². The molecule has 1 aromatic rings. The van der Waals surface area contributed by atoms with Crippen molar-refractivity contribution in [2.45, 2.75) is 26.0 Å². The van der Waals surface area contributed by atoms with Crippen LogP contribution in [0.2, 0.25) is 0 Å². The van der Waals surface area contributed by atoms with Crippen molar-refractivity contribution in [1.29, 1.82) is 0 Å². The predicted octanol–water partition coefficient (Wildman–Crippen LogP) is 0.395. The average molecular weight is 312 g/mol. The van der Waals surface area contributed by atoms with Crippen molar-refractivity contribution in [2.24, 2.45) is 0 Å². The number of aryl methyl sites for hydroxylation is 1. The Hall–Kier alpha value is -1.44. The second-order valence-electron chi connectivity index (χ2n) is 5.13. The third-order valence-corrected chi connectivity index (χ3v) is 4.39. The third kappa shape index (κ3) is 4.03. The number of hydrogen-bond donors (Lipinski definition) is 2. The van der Waals surface area contributed by atoms with E-state index in [1.165, 1.54) is 11.3 Å². The maximum Gasteiger partial charge on any atom is 0.261 e. The van der Waals surface area contributed by atoms with E-state index in [-0.39, 0.29) is 37.1 Å². The summed E-state index contributed by atoms with van der Waals surface area (Å²) in [5.41, 5.74) is 0. The number of hydrogen-bond acceptors (Lipinski definition) is 5. The second kappa shape index (κ2) is 7.02. The number of nitrogens with one attached hydrogen (secondary N) is 1. The third-order valence-electron chi connectivity index (χ3n) is 3.39. The standard InChI is InChI=1S/C14H20N2O4S/c1-9-8-20-11(7-17)6-16(9)13(18)5-15-14(19)12-4-3-10(2)21-12/h3-4,9,11,17H,5-8H2,1-2H3,(H,15,19). The fourth-order valence-corrected chi connectivity index (χ4v) is 2.96. The fourth-order valence-electron chi connectivity index (χ4n) is 2.18. The quantitative estimate of drug-likeness (QED) is 0.843. The second-order valence-corrected chi connectivity index (χ2v) is 6.41. The summed E-state index contributed by atoms with van der Waals surface area (Å²) in [5.74, 6) is -0.396. The van der Waals surface area contributed by atoms with Crippen molar-refractivity contribution >= 4 is 23.2 Å². The molecule has 6 nitrogen and oxygen atoms in total. The number of ether oxygens (including phenoxy) is 1. The van der Waals surface area contributed by atoms with Crippen molar-refractivity contribution in [2.75, 3.05) is 26.3 Å². The number of aliphatic hydroxyl groups excluding tert-OH is 1. The normalized spacial score (nSPS) is 22.1. The molecule has 2 unspecified atom stereocenters. The molecule has 2 N–H and O–H groups in total. The van der Waals surface area contributed by atoms with Crippen LogP contribution < -0.4 is 5.32 Å². The summed E-state index contributed by atoms with van der Waals surface area (Å²) in [7, 11) is 0. The molecule has 0 aliphatic carbocycles. The van der Waals surface area contributed by atoms with E-state index in [0.29, 0.717) is 18.0 Å². The molecular formula is C14H20N2O4S. The Labute approximate surface area is 127 Å². The summed E-state index contributed by atoms with van der Waals surface area (Å²) in [6, 6.07) is 3.57. The van der Waals surface area contributed by atoms with Crippen LogP contribution in [0.5, 0.6) is 0 Å². The van der Waals surface area contributed by atoms with Gasteiger partial charge in [-0.1, -0.05) is 0 Å². The van der Waals surface area contributed by atoms with E-state index in [1.54, 1.807) is 11.0 Å². The first kappa shape index (κ1) is 15.9. The Kier molecular flexibility index (Phi) is 5.33. The SMILES string of the molecule is Cc1ccc(C(=O)NCC(=O)N2CC(CO)OCC2C)s1. The van der Waals surface area contributed by atoms with Gasteiger partial charge in [0.15, 0.2) is 0 Å². The number of amides is 2. The van der Waals surface area contributed by atoms with Crippen LogP contribution in [-0.4, -0.2) is 60.3 Å². The molecule has 1 fully saturated rings. The van der Waals surface area contributed by atoms with Gasteiger partial charge in [-0.2, -0.15) is 0 Å². The minimum Gasteiger partial charge on any atom is -0.394 e. The lowest BCUT2D eigenvalue weighted by Crippen LogP contribution is -2.54. The van der Waals surface area contributed by atoms with E-state index in [9.17, 15) is 9.59 Å². The lowest BCUT2D eigenvalue weighted by atomic mass is 10.2. The molecule has 1 aliphatic rings. The number of nitrogens with zero attached hydrogens (tertiary/aromatic N) is 1. The molecule has 0 bridgehead atoms. The van der Waals surface area contributed by atoms with Gasteiger partial charge in [-0.15, -0.1) is 11.3 Å². The molecule has 2 amide bonds. The number of aliphatic hydroxyl groups is 1. The van der Waals surface area contributed by atoms with E-state index in [4.69, 9.17) is 9.84 Å². The van der Waals surface area contributed by atoms with E-state index >= 15 is 0 Å². The molecule has 0 aromatic carbocycles. The first-order valence-corrected chi connectivity index (χ1v) is 7.69. The maximum absolute atomic E-state index is 12.2. The number of carbonyl (C=O) groups is 2. The molecule has 7 heteroatoms. The van der Waals surface area contributed by atoms with Crippen molar-refractivity contribution < 1.29 is 19.4 Å². The molecule has 0 saturated carbocycles. The zero-order valence-electron chi connectivity index (χ0n) is 12.2. The number of thiophene rings is 1. The summed E-state index contributed by atoms with van der Waals surface area (Å²) in [4.78, 5) is 27.4. The van der Waals surface area contributed by atoms with Gasteiger partial charge in [0, 0.05) is 11.4 Å². The Balaban J connectivity index is 1.87. The highest BCUT2D eigenvalue weighted by molar-refractivity contribution is 7.13. The molecule has 2 atom stereocenters. The zero-order chi connectivity index (χ0) is 15.4. The Bertz CT molecular complexity index is 517. The Morgan fingerprint density at radius 3 is 2.90 bits per heavy atom. The summed E-state index contributed by atoms with van der Waals surface area (Å²) in [6.45, 7) is 4.40. The van der Waals surface area contributed by atoms with Gasteiger partial charge in [0.1, 0.15) is 0 Å². The van der Waals surface area contributed by atoms with Gasteiger partial charge < -0.3 is 20.1 Å². The van der Waals surface area contributed by atoms with Crippen LogP contribution in [0.15, 0.2) is 12.1 Å². The number of morpholine rings is 1. The number of carbonyl (C=O) groups excluding carboxylic acids is 2. The van der Waals surface area contributed by atoms with Crippen LogP contribution in [-0.2, 0) is 9.53 Å². The van der Waals surface area contributed by atoms with Crippen LogP contribution in [0, 0.1) is 6.92 Å². The predicted molar refractivity (Wildman–Crippen MR) is 79.4 cm³/mol. The minimum atomic E-state index is -0.346. The van der Waals surface area contributed by atoms with E-state index < -0.39 is 0 Å². The van der Waals surface area contributed by atoms with E-state index in [0.717, 1.165) is 4.88 Å². The summed E-state index contributed by atoms with van der Waals surface area (Å²) < 4.78 is 5.39. The van der Waals surface area contributed by atoms with Gasteiger partial charge in [-0.3, -0.25) is 9.59 Å². The smallest absolute Gasteiger partial charge is 0.261 e. The molecule has 1 aromatic heterocycles. The molecule has 2 heterocycles. The van der Waals surface area contributed by atoms with E-state index in [2.05, 4.69) is 5.32 Å². The van der Waals surface area contributed by atoms with Crippen LogP contribution in [0.3, 0.4) is 0 Å². The first-order chi connectivity index (χ1) is 10.0. The van der Waals surface area contributed by atoms with Crippen LogP contribution in [0.1, 0.15) is 21.5 Å². The van der Waals surface area contributed by atoms with Crippen molar-refractivity contribution in [3.05, 3.63) is 21.9 Å². The molecule has 0 spiro atoms. The van der Waals surface area contributed by atoms with Crippen molar-refractivity contribution in [1.82, 2.24) is 10.2 Å². The maximum atomic E-state index is 12.2. The summed E-state index contributed by atoms with van der Waals surface area (Å²) >= 11 is 1.40. The van der Waals surface area contributed by atoms with Gasteiger partial charge in [-0.05, 0) is 26.0 Å². The Morgan fingerprint density at radius 2 is 2.29 bits per heavy atom. The van der Waals surface area contributed by atoms with Gasteiger partial charge >= 0.3 is 0 Å². The monoisotopic (exact) mass is 312 g/mol. The minimum absolute atomic E-state index is 0.0434. The van der Waals surface area contributed by atoms with Gasteiger partial charge in [0.2, 0.25) is 5.91 Å². The molecule has 0 radical (unpaired) electrons. The molecule has 1 saturated heterocycles. The molecular weight excluding hydrogens is 292 g/mol. The van der Waals surface area contributed by atoms with Crippen molar-refractivity contribution in [3.63, 3.8) is 0 Å². The molecule has 116 valence electrons. The van der Waals surface area contributed by atoms with Gasteiger partial charge in [0.25, 0.3) is 5.91 Å². The van der Waals surface area contributed by atoms with Gasteiger partial charge in [-0.25, -0.2) is 0 Å².